The number of ether oxygens (including phenoxy) is 1. The van der Waals surface area contributed by atoms with Gasteiger partial charge in [-0.3, -0.25) is 0 Å². The zero-order valence-electron chi connectivity index (χ0n) is 6.45. The first-order valence-corrected chi connectivity index (χ1v) is 4.52. The van der Waals surface area contributed by atoms with Gasteiger partial charge in [-0.1, -0.05) is 12.1 Å². The number of rotatable bonds is 5. The number of hydrogen-bond donors (Lipinski definition) is 0. The molecule has 60 valence electrons. The Morgan fingerprint density at radius 2 is 2.55 bits per heavy atom. The van der Waals surface area contributed by atoms with Gasteiger partial charge in [-0.15, -0.1) is 17.9 Å². The summed E-state index contributed by atoms with van der Waals surface area (Å²) in [6.45, 7) is 5.03. The smallest absolute Gasteiger partial charge is 0.0644 e. The molecule has 0 fully saturated rings. The van der Waals surface area contributed by atoms with Crippen LogP contribution in [0.1, 0.15) is 4.88 Å². The lowest BCUT2D eigenvalue weighted by molar-refractivity contribution is 0.166. The van der Waals surface area contributed by atoms with Crippen molar-refractivity contribution in [1.82, 2.24) is 0 Å². The maximum atomic E-state index is 5.24. The van der Waals surface area contributed by atoms with E-state index in [0.29, 0.717) is 6.61 Å². The maximum absolute atomic E-state index is 5.24. The number of hydrogen-bond acceptors (Lipinski definition) is 2. The Kier molecular flexibility index (Phi) is 3.94. The van der Waals surface area contributed by atoms with Gasteiger partial charge in [0.1, 0.15) is 0 Å². The molecule has 0 aromatic carbocycles. The van der Waals surface area contributed by atoms with E-state index in [4.69, 9.17) is 4.74 Å². The molecule has 0 unspecified atom stereocenters. The summed E-state index contributed by atoms with van der Waals surface area (Å²) in [5.41, 5.74) is 0. The highest BCUT2D eigenvalue weighted by Gasteiger charge is 1.91. The second-order valence-corrected chi connectivity index (χ2v) is 3.23. The molecule has 1 rings (SSSR count). The molecular formula is C9H12OS. The highest BCUT2D eigenvalue weighted by atomic mass is 32.1. The van der Waals surface area contributed by atoms with E-state index < -0.39 is 0 Å². The summed E-state index contributed by atoms with van der Waals surface area (Å²) < 4.78 is 5.24. The van der Waals surface area contributed by atoms with Crippen molar-refractivity contribution in [2.24, 2.45) is 0 Å². The van der Waals surface area contributed by atoms with E-state index in [0.717, 1.165) is 13.0 Å². The third-order valence-electron chi connectivity index (χ3n) is 1.31. The van der Waals surface area contributed by atoms with Crippen LogP contribution < -0.4 is 0 Å². The van der Waals surface area contributed by atoms with Crippen LogP contribution in [0.5, 0.6) is 0 Å². The standard InChI is InChI=1S/C9H12OS/c1-2-6-10-7-5-9-4-3-8-11-9/h2-4,8H,1,5-7H2. The van der Waals surface area contributed by atoms with Gasteiger partial charge in [0.25, 0.3) is 0 Å². The summed E-state index contributed by atoms with van der Waals surface area (Å²) in [7, 11) is 0. The minimum atomic E-state index is 0.658. The van der Waals surface area contributed by atoms with Gasteiger partial charge < -0.3 is 4.74 Å². The van der Waals surface area contributed by atoms with Crippen LogP contribution in [-0.4, -0.2) is 13.2 Å². The van der Waals surface area contributed by atoms with E-state index in [9.17, 15) is 0 Å². The molecular weight excluding hydrogens is 156 g/mol. The Bertz CT molecular complexity index is 191. The fourth-order valence-electron chi connectivity index (χ4n) is 0.794. The molecule has 11 heavy (non-hydrogen) atoms. The molecule has 0 atom stereocenters. The van der Waals surface area contributed by atoms with E-state index in [1.165, 1.54) is 4.88 Å². The molecule has 0 aliphatic carbocycles. The van der Waals surface area contributed by atoms with Crippen LogP contribution in [0, 0.1) is 0 Å². The fraction of sp³-hybridized carbons (Fsp3) is 0.333. The second kappa shape index (κ2) is 5.10. The maximum Gasteiger partial charge on any atom is 0.0644 e. The predicted molar refractivity (Wildman–Crippen MR) is 49.0 cm³/mol. The van der Waals surface area contributed by atoms with Crippen molar-refractivity contribution in [3.05, 3.63) is 35.0 Å². The molecule has 0 amide bonds. The van der Waals surface area contributed by atoms with Crippen molar-refractivity contribution >= 4 is 11.3 Å². The van der Waals surface area contributed by atoms with E-state index in [1.807, 2.05) is 0 Å². The van der Waals surface area contributed by atoms with Gasteiger partial charge in [0, 0.05) is 11.3 Å². The zero-order valence-corrected chi connectivity index (χ0v) is 7.27. The molecule has 0 saturated heterocycles. The van der Waals surface area contributed by atoms with Crippen LogP contribution in [0.3, 0.4) is 0 Å². The summed E-state index contributed by atoms with van der Waals surface area (Å²) in [5.74, 6) is 0. The van der Waals surface area contributed by atoms with Gasteiger partial charge in [0.05, 0.1) is 13.2 Å². The van der Waals surface area contributed by atoms with Crippen LogP contribution in [0.4, 0.5) is 0 Å². The average molecular weight is 168 g/mol. The molecule has 0 aliphatic rings. The first kappa shape index (κ1) is 8.50. The van der Waals surface area contributed by atoms with Crippen molar-refractivity contribution in [2.45, 2.75) is 6.42 Å². The van der Waals surface area contributed by atoms with Crippen molar-refractivity contribution in [1.29, 1.82) is 0 Å². The van der Waals surface area contributed by atoms with Crippen molar-refractivity contribution in [3.63, 3.8) is 0 Å². The second-order valence-electron chi connectivity index (χ2n) is 2.19. The molecule has 1 heterocycles. The Labute approximate surface area is 71.3 Å². The SMILES string of the molecule is C=CCOCCc1cccs1. The first-order valence-electron chi connectivity index (χ1n) is 3.64. The summed E-state index contributed by atoms with van der Waals surface area (Å²) in [6.07, 6.45) is 2.79. The molecule has 1 aromatic heterocycles. The van der Waals surface area contributed by atoms with Crippen molar-refractivity contribution < 1.29 is 4.74 Å². The van der Waals surface area contributed by atoms with E-state index in [2.05, 4.69) is 24.1 Å². The predicted octanol–water partition coefficient (Wildman–Crippen LogP) is 2.49. The molecule has 0 bridgehead atoms. The Balaban J connectivity index is 2.09. The monoisotopic (exact) mass is 168 g/mol. The van der Waals surface area contributed by atoms with Gasteiger partial charge in [-0.25, -0.2) is 0 Å². The highest BCUT2D eigenvalue weighted by molar-refractivity contribution is 7.09. The summed E-state index contributed by atoms with van der Waals surface area (Å²) in [5, 5.41) is 2.09. The van der Waals surface area contributed by atoms with Crippen molar-refractivity contribution in [2.75, 3.05) is 13.2 Å². The Morgan fingerprint density at radius 1 is 1.64 bits per heavy atom. The minimum Gasteiger partial charge on any atom is -0.377 e. The van der Waals surface area contributed by atoms with Crippen LogP contribution in [0.25, 0.3) is 0 Å². The zero-order chi connectivity index (χ0) is 7.94. The first-order chi connectivity index (χ1) is 5.43. The van der Waals surface area contributed by atoms with Gasteiger partial charge in [-0.2, -0.15) is 0 Å². The van der Waals surface area contributed by atoms with Gasteiger partial charge in [-0.05, 0) is 11.4 Å². The molecule has 1 nitrogen and oxygen atoms in total. The van der Waals surface area contributed by atoms with Crippen LogP contribution >= 0.6 is 11.3 Å². The normalized spacial score (nSPS) is 9.82. The van der Waals surface area contributed by atoms with Crippen LogP contribution in [0.15, 0.2) is 30.2 Å². The van der Waals surface area contributed by atoms with E-state index >= 15 is 0 Å². The van der Waals surface area contributed by atoms with Gasteiger partial charge >= 0.3 is 0 Å². The highest BCUT2D eigenvalue weighted by Crippen LogP contribution is 2.08. The third kappa shape index (κ3) is 3.35. The third-order valence-corrected chi connectivity index (χ3v) is 2.24. The van der Waals surface area contributed by atoms with Crippen LogP contribution in [0.2, 0.25) is 0 Å². The molecule has 0 spiro atoms. The average Bonchev–Trinajstić information content (AvgIpc) is 2.50. The Morgan fingerprint density at radius 3 is 3.18 bits per heavy atom. The molecule has 0 aliphatic heterocycles. The molecule has 0 N–H and O–H groups in total. The molecule has 0 saturated carbocycles. The van der Waals surface area contributed by atoms with Crippen LogP contribution in [-0.2, 0) is 11.2 Å². The largest absolute Gasteiger partial charge is 0.377 e. The lowest BCUT2D eigenvalue weighted by atomic mass is 10.4. The van der Waals surface area contributed by atoms with Crippen molar-refractivity contribution in [3.8, 4) is 0 Å². The molecule has 0 radical (unpaired) electrons. The summed E-state index contributed by atoms with van der Waals surface area (Å²) in [4.78, 5) is 1.38. The van der Waals surface area contributed by atoms with Gasteiger partial charge in [0.2, 0.25) is 0 Å². The summed E-state index contributed by atoms with van der Waals surface area (Å²) in [6, 6.07) is 4.19. The molecule has 1 aromatic rings. The topological polar surface area (TPSA) is 9.23 Å². The van der Waals surface area contributed by atoms with E-state index in [-0.39, 0.29) is 0 Å². The lowest BCUT2D eigenvalue weighted by Crippen LogP contribution is -1.96. The van der Waals surface area contributed by atoms with E-state index in [1.54, 1.807) is 17.4 Å². The minimum absolute atomic E-state index is 0.658. The summed E-state index contributed by atoms with van der Waals surface area (Å²) >= 11 is 1.78. The fourth-order valence-corrected chi connectivity index (χ4v) is 1.48. The van der Waals surface area contributed by atoms with Gasteiger partial charge in [0.15, 0.2) is 0 Å². The quantitative estimate of drug-likeness (QED) is 0.485. The molecule has 2 heteroatoms. The number of thiophene rings is 1. The lowest BCUT2D eigenvalue weighted by Gasteiger charge is -1.97. The Hall–Kier alpha value is -0.600.